The van der Waals surface area contributed by atoms with Crippen molar-refractivity contribution in [3.8, 4) is 16.8 Å². The van der Waals surface area contributed by atoms with Gasteiger partial charge >= 0.3 is 0 Å². The fourth-order valence-corrected chi connectivity index (χ4v) is 8.75. The van der Waals surface area contributed by atoms with E-state index >= 15 is 0 Å². The average Bonchev–Trinajstić information content (AvgIpc) is 3.51. The molecule has 10 rings (SSSR count). The molecule has 0 N–H and O–H groups in total. The number of thiophene rings is 1. The quantitative estimate of drug-likeness (QED) is 0.180. The third-order valence-corrected chi connectivity index (χ3v) is 10.8. The number of pyridine rings is 1. The van der Waals surface area contributed by atoms with Crippen LogP contribution in [-0.2, 0) is 0 Å². The Labute approximate surface area is 268 Å². The smallest absolute Gasteiger partial charge is 0.263 e. The first-order chi connectivity index (χ1) is 22.7. The Kier molecular flexibility index (Phi) is 5.34. The first kappa shape index (κ1) is 25.5. The number of hydrogen-bond donors (Lipinski definition) is 0. The Morgan fingerprint density at radius 1 is 0.413 bits per heavy atom. The van der Waals surface area contributed by atoms with Gasteiger partial charge in [-0.3, -0.25) is 9.36 Å². The lowest BCUT2D eigenvalue weighted by molar-refractivity contribution is 1.06. The topological polar surface area (TPSA) is 22.0 Å². The molecule has 46 heavy (non-hydrogen) atoms. The number of benzene rings is 8. The van der Waals surface area contributed by atoms with Crippen molar-refractivity contribution < 1.29 is 0 Å². The molecule has 0 aliphatic carbocycles. The largest absolute Gasteiger partial charge is 0.276 e. The van der Waals surface area contributed by atoms with Crippen LogP contribution in [0.1, 0.15) is 0 Å². The maximum Gasteiger partial charge on any atom is 0.263 e. The van der Waals surface area contributed by atoms with Crippen LogP contribution in [0.2, 0.25) is 0 Å². The van der Waals surface area contributed by atoms with E-state index in [9.17, 15) is 4.79 Å². The van der Waals surface area contributed by atoms with Crippen LogP contribution in [0.4, 0.5) is 0 Å². The molecule has 214 valence electrons. The third kappa shape index (κ3) is 3.55. The van der Waals surface area contributed by atoms with Crippen LogP contribution < -0.4 is 5.56 Å². The summed E-state index contributed by atoms with van der Waals surface area (Å²) >= 11 is 1.84. The summed E-state index contributed by atoms with van der Waals surface area (Å²) < 4.78 is 4.49. The van der Waals surface area contributed by atoms with E-state index in [-0.39, 0.29) is 5.56 Å². The van der Waals surface area contributed by atoms with Crippen molar-refractivity contribution >= 4 is 85.5 Å². The molecule has 0 aliphatic heterocycles. The van der Waals surface area contributed by atoms with Gasteiger partial charge in [-0.25, -0.2) is 0 Å². The molecule has 0 bridgehead atoms. The number of fused-ring (bicyclic) bond motifs is 12. The summed E-state index contributed by atoms with van der Waals surface area (Å²) in [6.45, 7) is 0. The van der Waals surface area contributed by atoms with E-state index in [0.29, 0.717) is 0 Å². The van der Waals surface area contributed by atoms with E-state index in [2.05, 4.69) is 133 Å². The summed E-state index contributed by atoms with van der Waals surface area (Å²) in [7, 11) is 0. The van der Waals surface area contributed by atoms with Crippen LogP contribution in [0.25, 0.3) is 91.0 Å². The minimum absolute atomic E-state index is 0.00750. The lowest BCUT2D eigenvalue weighted by atomic mass is 9.94. The molecule has 0 saturated carbocycles. The zero-order valence-corrected chi connectivity index (χ0v) is 25.5. The second-order valence-corrected chi connectivity index (χ2v) is 13.1. The van der Waals surface area contributed by atoms with Crippen molar-refractivity contribution in [1.29, 1.82) is 0 Å². The highest BCUT2D eigenvalue weighted by atomic mass is 32.1. The van der Waals surface area contributed by atoms with Crippen molar-refractivity contribution in [2.75, 3.05) is 0 Å². The summed E-state index contributed by atoms with van der Waals surface area (Å²) in [4.78, 5) is 14.3. The first-order valence-electron chi connectivity index (χ1n) is 15.6. The highest BCUT2D eigenvalue weighted by Crippen LogP contribution is 2.41. The highest BCUT2D eigenvalue weighted by molar-refractivity contribution is 7.26. The molecule has 8 aromatic carbocycles. The van der Waals surface area contributed by atoms with Crippen LogP contribution in [0.15, 0.2) is 156 Å². The average molecular weight is 604 g/mol. The van der Waals surface area contributed by atoms with Crippen LogP contribution >= 0.6 is 11.3 Å². The van der Waals surface area contributed by atoms with Gasteiger partial charge in [0.2, 0.25) is 0 Å². The van der Waals surface area contributed by atoms with Gasteiger partial charge < -0.3 is 0 Å². The summed E-state index contributed by atoms with van der Waals surface area (Å²) in [5.41, 5.74) is 4.13. The molecule has 0 saturated heterocycles. The molecule has 0 aliphatic rings. The minimum Gasteiger partial charge on any atom is -0.276 e. The standard InChI is InChI=1S/C43H25NOS/c45-43-37-16-6-5-14-33(37)39-24-26(28-17-9-18-36-35-15-7-8-19-41(35)46-42(28)36)20-23-40(39)44(43)27-21-22-34-31-12-2-1-10-29(31)30-11-3-4-13-32(30)38(34)25-27/h1-25H. The molecular weight excluding hydrogens is 579 g/mol. The van der Waals surface area contributed by atoms with Crippen molar-refractivity contribution in [1.82, 2.24) is 4.57 Å². The number of nitrogens with zero attached hydrogens (tertiary/aromatic N) is 1. The van der Waals surface area contributed by atoms with E-state index in [1.54, 1.807) is 0 Å². The molecule has 0 radical (unpaired) electrons. The van der Waals surface area contributed by atoms with Gasteiger partial charge in [0.1, 0.15) is 0 Å². The number of hydrogen-bond acceptors (Lipinski definition) is 2. The third-order valence-electron chi connectivity index (χ3n) is 9.59. The van der Waals surface area contributed by atoms with Crippen LogP contribution in [0.5, 0.6) is 0 Å². The summed E-state index contributed by atoms with van der Waals surface area (Å²) in [6, 6.07) is 53.5. The van der Waals surface area contributed by atoms with Gasteiger partial charge in [-0.1, -0.05) is 115 Å². The lowest BCUT2D eigenvalue weighted by Crippen LogP contribution is -2.19. The van der Waals surface area contributed by atoms with E-state index < -0.39 is 0 Å². The van der Waals surface area contributed by atoms with Crippen molar-refractivity contribution in [2.24, 2.45) is 0 Å². The van der Waals surface area contributed by atoms with Crippen LogP contribution in [-0.4, -0.2) is 4.57 Å². The molecule has 0 fully saturated rings. The Morgan fingerprint density at radius 3 is 1.70 bits per heavy atom. The molecule has 2 nitrogen and oxygen atoms in total. The monoisotopic (exact) mass is 603 g/mol. The molecule has 10 aromatic rings. The SMILES string of the molecule is O=c1c2ccccc2c2cc(-c3cccc4c3sc3ccccc34)ccc2n1-c1ccc2c3ccccc3c3ccccc3c2c1. The lowest BCUT2D eigenvalue weighted by Gasteiger charge is -2.17. The van der Waals surface area contributed by atoms with Crippen molar-refractivity contribution in [3.63, 3.8) is 0 Å². The predicted molar refractivity (Wildman–Crippen MR) is 198 cm³/mol. The van der Waals surface area contributed by atoms with Gasteiger partial charge in [0.25, 0.3) is 5.56 Å². The van der Waals surface area contributed by atoms with E-state index in [1.165, 1.54) is 52.7 Å². The molecule has 2 heterocycles. The zero-order chi connectivity index (χ0) is 30.4. The van der Waals surface area contributed by atoms with E-state index in [0.717, 1.165) is 38.3 Å². The number of rotatable bonds is 2. The first-order valence-corrected chi connectivity index (χ1v) is 16.4. The normalized spacial score (nSPS) is 12.0. The number of aromatic nitrogens is 1. The van der Waals surface area contributed by atoms with Gasteiger partial charge in [0.15, 0.2) is 0 Å². The van der Waals surface area contributed by atoms with Crippen molar-refractivity contribution in [3.05, 3.63) is 162 Å². The Bertz CT molecular complexity index is 2910. The fraction of sp³-hybridized carbons (Fsp3) is 0. The van der Waals surface area contributed by atoms with E-state index in [1.807, 2.05) is 34.1 Å². The van der Waals surface area contributed by atoms with Crippen LogP contribution in [0, 0.1) is 0 Å². The summed E-state index contributed by atoms with van der Waals surface area (Å²) in [5, 5.41) is 12.5. The van der Waals surface area contributed by atoms with Gasteiger partial charge in [0, 0.05) is 36.6 Å². The Morgan fingerprint density at radius 2 is 0.978 bits per heavy atom. The van der Waals surface area contributed by atoms with Gasteiger partial charge in [0.05, 0.1) is 5.52 Å². The van der Waals surface area contributed by atoms with Crippen molar-refractivity contribution in [2.45, 2.75) is 0 Å². The second kappa shape index (κ2) is 9.61. The van der Waals surface area contributed by atoms with Gasteiger partial charge in [-0.2, -0.15) is 0 Å². The molecule has 0 amide bonds. The Hall–Kier alpha value is -5.77. The maximum absolute atomic E-state index is 14.3. The molecule has 0 spiro atoms. The minimum atomic E-state index is -0.00750. The molecular formula is C43H25NOS. The fourth-order valence-electron chi connectivity index (χ4n) is 7.51. The molecule has 0 atom stereocenters. The van der Waals surface area contributed by atoms with Crippen LogP contribution in [0.3, 0.4) is 0 Å². The zero-order valence-electron chi connectivity index (χ0n) is 24.7. The van der Waals surface area contributed by atoms with E-state index in [4.69, 9.17) is 0 Å². The second-order valence-electron chi connectivity index (χ2n) is 12.0. The predicted octanol–water partition coefficient (Wildman–Crippen LogP) is 11.6. The molecule has 2 aromatic heterocycles. The molecule has 0 unspecified atom stereocenters. The Balaban J connectivity index is 1.28. The molecule has 3 heteroatoms. The van der Waals surface area contributed by atoms with Gasteiger partial charge in [-0.15, -0.1) is 11.3 Å². The van der Waals surface area contributed by atoms with Gasteiger partial charge in [-0.05, 0) is 85.2 Å². The highest BCUT2D eigenvalue weighted by Gasteiger charge is 2.17. The summed E-state index contributed by atoms with van der Waals surface area (Å²) in [6.07, 6.45) is 0. The summed E-state index contributed by atoms with van der Waals surface area (Å²) in [5.74, 6) is 0. The maximum atomic E-state index is 14.3.